The second-order valence-electron chi connectivity index (χ2n) is 9.10. The number of carbonyl (C=O) groups excluding carboxylic acids is 1. The van der Waals surface area contributed by atoms with Crippen molar-refractivity contribution in [2.24, 2.45) is 5.41 Å². The van der Waals surface area contributed by atoms with E-state index in [4.69, 9.17) is 4.84 Å². The summed E-state index contributed by atoms with van der Waals surface area (Å²) in [6.45, 7) is 7.02. The summed E-state index contributed by atoms with van der Waals surface area (Å²) >= 11 is 0. The second kappa shape index (κ2) is 9.90. The molecule has 5 nitrogen and oxygen atoms in total. The minimum Gasteiger partial charge on any atom is -0.389 e. The van der Waals surface area contributed by atoms with Crippen molar-refractivity contribution in [3.63, 3.8) is 0 Å². The Hall–Kier alpha value is -2.28. The first-order valence-corrected chi connectivity index (χ1v) is 10.9. The minimum atomic E-state index is -0.833. The van der Waals surface area contributed by atoms with Crippen molar-refractivity contribution >= 4 is 5.91 Å². The molecule has 1 amide bonds. The standard InChI is InChI=1S/C25H33FN2O3/c1-24(2)19-28(16-14-25(24,30)18-20-10-12-22(26)13-11-20)15-7-17-31-27(3)23(29)21-8-5-4-6-9-21/h4-6,8-13,30H,7,14-19H2,1-3H3. The molecule has 1 heterocycles. The molecule has 1 aliphatic heterocycles. The summed E-state index contributed by atoms with van der Waals surface area (Å²) < 4.78 is 13.2. The molecule has 1 N–H and O–H groups in total. The van der Waals surface area contributed by atoms with Crippen LogP contribution in [0.2, 0.25) is 0 Å². The normalized spacial score (nSPS) is 21.1. The van der Waals surface area contributed by atoms with Crippen LogP contribution in [0.25, 0.3) is 0 Å². The Kier molecular flexibility index (Phi) is 7.46. The van der Waals surface area contributed by atoms with Crippen molar-refractivity contribution in [3.05, 3.63) is 71.5 Å². The summed E-state index contributed by atoms with van der Waals surface area (Å²) in [4.78, 5) is 20.3. The van der Waals surface area contributed by atoms with E-state index in [-0.39, 0.29) is 17.1 Å². The van der Waals surface area contributed by atoms with E-state index < -0.39 is 5.60 Å². The summed E-state index contributed by atoms with van der Waals surface area (Å²) in [7, 11) is 1.63. The highest BCUT2D eigenvalue weighted by atomic mass is 19.1. The van der Waals surface area contributed by atoms with Crippen LogP contribution in [0, 0.1) is 11.2 Å². The number of hydroxylamine groups is 2. The van der Waals surface area contributed by atoms with Gasteiger partial charge >= 0.3 is 0 Å². The van der Waals surface area contributed by atoms with Gasteiger partial charge in [-0.25, -0.2) is 9.45 Å². The lowest BCUT2D eigenvalue weighted by Gasteiger charge is -2.50. The molecule has 6 heteroatoms. The predicted molar refractivity (Wildman–Crippen MR) is 119 cm³/mol. The molecule has 0 bridgehead atoms. The van der Waals surface area contributed by atoms with Gasteiger partial charge in [-0.05, 0) is 42.7 Å². The monoisotopic (exact) mass is 428 g/mol. The van der Waals surface area contributed by atoms with E-state index in [0.717, 1.165) is 31.6 Å². The van der Waals surface area contributed by atoms with Crippen LogP contribution in [-0.4, -0.2) is 59.9 Å². The topological polar surface area (TPSA) is 53.0 Å². The molecule has 0 spiro atoms. The van der Waals surface area contributed by atoms with E-state index in [1.54, 1.807) is 31.3 Å². The Bertz CT molecular complexity index is 857. The number of nitrogens with zero attached hydrogens (tertiary/aromatic N) is 2. The zero-order chi connectivity index (χ0) is 22.5. The maximum absolute atomic E-state index is 13.2. The van der Waals surface area contributed by atoms with Gasteiger partial charge in [0.25, 0.3) is 5.91 Å². The third-order valence-electron chi connectivity index (χ3n) is 6.34. The molecule has 1 saturated heterocycles. The Morgan fingerprint density at radius 1 is 1.16 bits per heavy atom. The lowest BCUT2D eigenvalue weighted by atomic mass is 9.67. The van der Waals surface area contributed by atoms with Crippen LogP contribution in [0.3, 0.4) is 0 Å². The second-order valence-corrected chi connectivity index (χ2v) is 9.10. The van der Waals surface area contributed by atoms with Gasteiger partial charge in [0.2, 0.25) is 0 Å². The molecular formula is C25H33FN2O3. The molecule has 0 aliphatic carbocycles. The lowest BCUT2D eigenvalue weighted by Crippen LogP contribution is -2.58. The highest BCUT2D eigenvalue weighted by Crippen LogP contribution is 2.41. The van der Waals surface area contributed by atoms with Gasteiger partial charge in [-0.1, -0.05) is 44.2 Å². The third-order valence-corrected chi connectivity index (χ3v) is 6.34. The number of halogens is 1. The molecule has 168 valence electrons. The summed E-state index contributed by atoms with van der Waals surface area (Å²) in [6.07, 6.45) is 1.97. The van der Waals surface area contributed by atoms with Gasteiger partial charge in [0.15, 0.2) is 0 Å². The largest absolute Gasteiger partial charge is 0.389 e. The quantitative estimate of drug-likeness (QED) is 0.511. The van der Waals surface area contributed by atoms with Gasteiger partial charge < -0.3 is 10.0 Å². The van der Waals surface area contributed by atoms with Crippen LogP contribution in [0.1, 0.15) is 42.6 Å². The van der Waals surface area contributed by atoms with Crippen molar-refractivity contribution in [2.75, 3.05) is 33.3 Å². The van der Waals surface area contributed by atoms with E-state index in [9.17, 15) is 14.3 Å². The first-order valence-electron chi connectivity index (χ1n) is 10.9. The molecule has 0 aromatic heterocycles. The Morgan fingerprint density at radius 2 is 1.84 bits per heavy atom. The van der Waals surface area contributed by atoms with E-state index in [2.05, 4.69) is 18.7 Å². The molecule has 2 aromatic carbocycles. The lowest BCUT2D eigenvalue weighted by molar-refractivity contribution is -0.124. The van der Waals surface area contributed by atoms with Crippen LogP contribution < -0.4 is 0 Å². The van der Waals surface area contributed by atoms with Gasteiger partial charge in [0.1, 0.15) is 5.82 Å². The van der Waals surface area contributed by atoms with Crippen molar-refractivity contribution < 1.29 is 19.1 Å². The fraction of sp³-hybridized carbons (Fsp3) is 0.480. The van der Waals surface area contributed by atoms with Crippen molar-refractivity contribution in [1.29, 1.82) is 0 Å². The van der Waals surface area contributed by atoms with Gasteiger partial charge in [-0.2, -0.15) is 0 Å². The molecule has 0 saturated carbocycles. The summed E-state index contributed by atoms with van der Waals surface area (Å²) in [5.74, 6) is -0.422. The first kappa shape index (κ1) is 23.4. The first-order chi connectivity index (χ1) is 14.7. The number of benzene rings is 2. The summed E-state index contributed by atoms with van der Waals surface area (Å²) in [5.41, 5.74) is 0.411. The van der Waals surface area contributed by atoms with Gasteiger partial charge in [-0.15, -0.1) is 0 Å². The summed E-state index contributed by atoms with van der Waals surface area (Å²) in [6, 6.07) is 15.5. The number of hydrogen-bond donors (Lipinski definition) is 1. The van der Waals surface area contributed by atoms with Crippen LogP contribution in [0.4, 0.5) is 4.39 Å². The van der Waals surface area contributed by atoms with Crippen LogP contribution in [-0.2, 0) is 11.3 Å². The number of hydrogen-bond acceptors (Lipinski definition) is 4. The molecule has 1 atom stereocenters. The van der Waals surface area contributed by atoms with E-state index in [1.165, 1.54) is 17.2 Å². The SMILES string of the molecule is CN(OCCCN1CCC(O)(Cc2ccc(F)cc2)C(C)(C)C1)C(=O)c1ccccc1. The van der Waals surface area contributed by atoms with E-state index in [1.807, 2.05) is 18.2 Å². The van der Waals surface area contributed by atoms with Crippen LogP contribution in [0.5, 0.6) is 0 Å². The average Bonchev–Trinajstić information content (AvgIpc) is 2.75. The highest BCUT2D eigenvalue weighted by Gasteiger charge is 2.47. The highest BCUT2D eigenvalue weighted by molar-refractivity contribution is 5.93. The maximum Gasteiger partial charge on any atom is 0.277 e. The molecule has 31 heavy (non-hydrogen) atoms. The van der Waals surface area contributed by atoms with Crippen LogP contribution in [0.15, 0.2) is 54.6 Å². The van der Waals surface area contributed by atoms with Crippen molar-refractivity contribution in [3.8, 4) is 0 Å². The van der Waals surface area contributed by atoms with Crippen molar-refractivity contribution in [1.82, 2.24) is 9.96 Å². The zero-order valence-electron chi connectivity index (χ0n) is 18.7. The Morgan fingerprint density at radius 3 is 2.48 bits per heavy atom. The number of amides is 1. The Balaban J connectivity index is 1.45. The number of piperidine rings is 1. The van der Waals surface area contributed by atoms with Crippen molar-refractivity contribution in [2.45, 2.75) is 38.7 Å². The third kappa shape index (κ3) is 5.91. The fourth-order valence-corrected chi connectivity index (χ4v) is 4.24. The van der Waals surface area contributed by atoms with Gasteiger partial charge in [0.05, 0.1) is 12.2 Å². The van der Waals surface area contributed by atoms with Gasteiger partial charge in [-0.3, -0.25) is 9.63 Å². The van der Waals surface area contributed by atoms with Gasteiger partial charge in [0, 0.05) is 44.1 Å². The van der Waals surface area contributed by atoms with E-state index >= 15 is 0 Å². The molecule has 1 unspecified atom stereocenters. The smallest absolute Gasteiger partial charge is 0.277 e. The number of aliphatic hydroxyl groups is 1. The van der Waals surface area contributed by atoms with Crippen LogP contribution >= 0.6 is 0 Å². The van der Waals surface area contributed by atoms with E-state index in [0.29, 0.717) is 25.0 Å². The molecule has 3 rings (SSSR count). The molecule has 1 aliphatic rings. The Labute approximate surface area is 184 Å². The minimum absolute atomic E-state index is 0.162. The maximum atomic E-state index is 13.2. The fourth-order valence-electron chi connectivity index (χ4n) is 4.24. The zero-order valence-corrected chi connectivity index (χ0v) is 18.7. The average molecular weight is 429 g/mol. The summed E-state index contributed by atoms with van der Waals surface area (Å²) in [5, 5.41) is 12.7. The molecule has 2 aromatic rings. The predicted octanol–water partition coefficient (Wildman–Crippen LogP) is 3.93. The molecule has 1 fully saturated rings. The number of carbonyl (C=O) groups is 1. The number of likely N-dealkylation sites (tertiary alicyclic amines) is 1. The molecule has 0 radical (unpaired) electrons. The number of rotatable bonds is 8. The molecular weight excluding hydrogens is 395 g/mol.